The summed E-state index contributed by atoms with van der Waals surface area (Å²) in [6.07, 6.45) is -0.638. The Labute approximate surface area is 117 Å². The molecule has 108 valence electrons. The average molecular weight is 277 g/mol. The molecule has 1 amide bonds. The van der Waals surface area contributed by atoms with Crippen molar-refractivity contribution in [2.75, 3.05) is 6.54 Å². The summed E-state index contributed by atoms with van der Waals surface area (Å²) in [5, 5.41) is 11.6. The molecule has 2 N–H and O–H groups in total. The zero-order valence-electron chi connectivity index (χ0n) is 11.4. The molecule has 5 nitrogen and oxygen atoms in total. The molecule has 2 rings (SSSR count). The Bertz CT molecular complexity index is 474. The lowest BCUT2D eigenvalue weighted by molar-refractivity contribution is -0.151. The molecule has 1 saturated heterocycles. The van der Waals surface area contributed by atoms with E-state index in [-0.39, 0.29) is 11.8 Å². The summed E-state index contributed by atoms with van der Waals surface area (Å²) < 4.78 is 5.21. The molecule has 0 aromatic heterocycles. The summed E-state index contributed by atoms with van der Waals surface area (Å²) in [5.74, 6) is -1.02. The van der Waals surface area contributed by atoms with Gasteiger partial charge in [0.15, 0.2) is 6.10 Å². The fraction of sp³-hybridized carbons (Fsp3) is 0.467. The second-order valence-electron chi connectivity index (χ2n) is 5.09. The van der Waals surface area contributed by atoms with Crippen molar-refractivity contribution in [1.29, 1.82) is 0 Å². The molecule has 1 heterocycles. The smallest absolute Gasteiger partial charge is 0.332 e. The lowest BCUT2D eigenvalue weighted by Gasteiger charge is -2.15. The van der Waals surface area contributed by atoms with Gasteiger partial charge < -0.3 is 15.2 Å². The van der Waals surface area contributed by atoms with Crippen LogP contribution in [-0.2, 0) is 14.3 Å². The molecule has 1 aromatic carbocycles. The normalized spacial score (nSPS) is 23.2. The molecule has 3 atom stereocenters. The van der Waals surface area contributed by atoms with Crippen LogP contribution in [0, 0.1) is 0 Å². The maximum absolute atomic E-state index is 11.9. The summed E-state index contributed by atoms with van der Waals surface area (Å²) >= 11 is 0. The van der Waals surface area contributed by atoms with Gasteiger partial charge in [-0.25, -0.2) is 4.79 Å². The number of hydrogen-bond acceptors (Lipinski definition) is 3. The highest BCUT2D eigenvalue weighted by molar-refractivity contribution is 5.82. The molecule has 0 spiro atoms. The van der Waals surface area contributed by atoms with Gasteiger partial charge in [0.25, 0.3) is 0 Å². The number of aliphatic carboxylic acids is 1. The number of benzene rings is 1. The van der Waals surface area contributed by atoms with Crippen LogP contribution in [0.15, 0.2) is 30.3 Å². The van der Waals surface area contributed by atoms with Gasteiger partial charge in [-0.05, 0) is 24.3 Å². The number of hydrogen-bond donors (Lipinski definition) is 2. The third kappa shape index (κ3) is 3.57. The Morgan fingerprint density at radius 2 is 1.95 bits per heavy atom. The third-order valence-corrected chi connectivity index (χ3v) is 3.54. The van der Waals surface area contributed by atoms with E-state index in [4.69, 9.17) is 9.84 Å². The quantitative estimate of drug-likeness (QED) is 0.856. The van der Waals surface area contributed by atoms with Crippen molar-refractivity contribution < 1.29 is 19.4 Å². The van der Waals surface area contributed by atoms with Gasteiger partial charge in [0.2, 0.25) is 5.91 Å². The zero-order chi connectivity index (χ0) is 14.5. The standard InChI is InChI=1S/C15H19NO4/c1-10(11-5-3-2-4-6-11)9-16-14(17)12-7-8-13(20-12)15(18)19/h2-6,10,12-13H,7-9H2,1H3,(H,16,17)(H,18,19). The van der Waals surface area contributed by atoms with Crippen molar-refractivity contribution >= 4 is 11.9 Å². The molecular weight excluding hydrogens is 258 g/mol. The van der Waals surface area contributed by atoms with Crippen LogP contribution in [0.25, 0.3) is 0 Å². The Hall–Kier alpha value is -1.88. The molecule has 3 unspecified atom stereocenters. The molecule has 0 aliphatic carbocycles. The predicted molar refractivity (Wildman–Crippen MR) is 73.4 cm³/mol. The number of carboxylic acid groups (broad SMARTS) is 1. The molecule has 20 heavy (non-hydrogen) atoms. The Morgan fingerprint density at radius 3 is 2.55 bits per heavy atom. The summed E-state index contributed by atoms with van der Waals surface area (Å²) in [6.45, 7) is 2.55. The van der Waals surface area contributed by atoms with Crippen LogP contribution < -0.4 is 5.32 Å². The molecular formula is C15H19NO4. The van der Waals surface area contributed by atoms with Gasteiger partial charge in [-0.3, -0.25) is 4.79 Å². The van der Waals surface area contributed by atoms with E-state index in [1.54, 1.807) is 0 Å². The maximum Gasteiger partial charge on any atom is 0.332 e. The van der Waals surface area contributed by atoms with Crippen LogP contribution in [0.1, 0.15) is 31.2 Å². The molecule has 0 bridgehead atoms. The summed E-state index contributed by atoms with van der Waals surface area (Å²) in [4.78, 5) is 22.7. The Kier molecular flexibility index (Phi) is 4.74. The van der Waals surface area contributed by atoms with Gasteiger partial charge in [-0.2, -0.15) is 0 Å². The minimum atomic E-state index is -1.00. The van der Waals surface area contributed by atoms with E-state index in [0.717, 1.165) is 5.56 Å². The first-order valence-electron chi connectivity index (χ1n) is 6.79. The van der Waals surface area contributed by atoms with Crippen molar-refractivity contribution in [3.05, 3.63) is 35.9 Å². The molecule has 1 aliphatic heterocycles. The van der Waals surface area contributed by atoms with Crippen molar-refractivity contribution in [2.45, 2.75) is 37.9 Å². The highest BCUT2D eigenvalue weighted by Crippen LogP contribution is 2.20. The Balaban J connectivity index is 1.80. The van der Waals surface area contributed by atoms with Crippen molar-refractivity contribution in [3.63, 3.8) is 0 Å². The molecule has 1 aromatic rings. The summed E-state index contributed by atoms with van der Waals surface area (Å²) in [6, 6.07) is 9.91. The van der Waals surface area contributed by atoms with Gasteiger partial charge >= 0.3 is 5.97 Å². The SMILES string of the molecule is CC(CNC(=O)C1CCC(C(=O)O)O1)c1ccccc1. The molecule has 1 aliphatic rings. The lowest BCUT2D eigenvalue weighted by Crippen LogP contribution is -2.37. The minimum Gasteiger partial charge on any atom is -0.479 e. The number of carbonyl (C=O) groups is 2. The van der Waals surface area contributed by atoms with Gasteiger partial charge in [0.1, 0.15) is 6.10 Å². The number of carboxylic acids is 1. The van der Waals surface area contributed by atoms with E-state index in [0.29, 0.717) is 19.4 Å². The fourth-order valence-electron chi connectivity index (χ4n) is 2.28. The van der Waals surface area contributed by atoms with Crippen molar-refractivity contribution in [1.82, 2.24) is 5.32 Å². The van der Waals surface area contributed by atoms with E-state index in [1.165, 1.54) is 0 Å². The molecule has 0 radical (unpaired) electrons. The highest BCUT2D eigenvalue weighted by Gasteiger charge is 2.34. The molecule has 0 saturated carbocycles. The summed E-state index contributed by atoms with van der Waals surface area (Å²) in [7, 11) is 0. The monoisotopic (exact) mass is 277 g/mol. The predicted octanol–water partition coefficient (Wildman–Crippen LogP) is 1.54. The van der Waals surface area contributed by atoms with E-state index in [2.05, 4.69) is 5.32 Å². The second-order valence-corrected chi connectivity index (χ2v) is 5.09. The van der Waals surface area contributed by atoms with Gasteiger partial charge in [0, 0.05) is 6.54 Å². The first-order valence-corrected chi connectivity index (χ1v) is 6.79. The highest BCUT2D eigenvalue weighted by atomic mass is 16.5. The summed E-state index contributed by atoms with van der Waals surface area (Å²) in [5.41, 5.74) is 1.16. The van der Waals surface area contributed by atoms with Crippen molar-refractivity contribution in [2.24, 2.45) is 0 Å². The van der Waals surface area contributed by atoms with Crippen LogP contribution in [-0.4, -0.2) is 35.7 Å². The second kappa shape index (κ2) is 6.52. The zero-order valence-corrected chi connectivity index (χ0v) is 11.4. The third-order valence-electron chi connectivity index (χ3n) is 3.54. The van der Waals surface area contributed by atoms with Crippen LogP contribution in [0.3, 0.4) is 0 Å². The van der Waals surface area contributed by atoms with Crippen LogP contribution in [0.4, 0.5) is 0 Å². The van der Waals surface area contributed by atoms with Crippen LogP contribution >= 0.6 is 0 Å². The Morgan fingerprint density at radius 1 is 1.30 bits per heavy atom. The van der Waals surface area contributed by atoms with Crippen LogP contribution in [0.5, 0.6) is 0 Å². The van der Waals surface area contributed by atoms with Crippen LogP contribution in [0.2, 0.25) is 0 Å². The van der Waals surface area contributed by atoms with E-state index >= 15 is 0 Å². The average Bonchev–Trinajstić information content (AvgIpc) is 2.95. The van der Waals surface area contributed by atoms with E-state index in [1.807, 2.05) is 37.3 Å². The first-order chi connectivity index (χ1) is 9.58. The maximum atomic E-state index is 11.9. The number of nitrogens with one attached hydrogen (secondary N) is 1. The van der Waals surface area contributed by atoms with Gasteiger partial charge in [-0.1, -0.05) is 37.3 Å². The number of carbonyl (C=O) groups excluding carboxylic acids is 1. The van der Waals surface area contributed by atoms with E-state index in [9.17, 15) is 9.59 Å². The first kappa shape index (κ1) is 14.5. The number of rotatable bonds is 5. The van der Waals surface area contributed by atoms with Gasteiger partial charge in [0.05, 0.1) is 0 Å². The largest absolute Gasteiger partial charge is 0.479 e. The van der Waals surface area contributed by atoms with E-state index < -0.39 is 18.2 Å². The topological polar surface area (TPSA) is 75.6 Å². The molecule has 1 fully saturated rings. The van der Waals surface area contributed by atoms with Gasteiger partial charge in [-0.15, -0.1) is 0 Å². The molecule has 5 heteroatoms. The number of amides is 1. The van der Waals surface area contributed by atoms with Crippen molar-refractivity contribution in [3.8, 4) is 0 Å². The lowest BCUT2D eigenvalue weighted by atomic mass is 10.0. The minimum absolute atomic E-state index is 0.205. The number of ether oxygens (including phenoxy) is 1. The fourth-order valence-corrected chi connectivity index (χ4v) is 2.28.